The first-order chi connectivity index (χ1) is 11.7. The van der Waals surface area contributed by atoms with Crippen molar-refractivity contribution >= 4 is 11.8 Å². The van der Waals surface area contributed by atoms with E-state index >= 15 is 0 Å². The van der Waals surface area contributed by atoms with Crippen molar-refractivity contribution < 1.29 is 14.3 Å². The van der Waals surface area contributed by atoms with E-state index in [1.807, 2.05) is 9.80 Å². The Hall–Kier alpha value is -1.95. The summed E-state index contributed by atoms with van der Waals surface area (Å²) in [7, 11) is 1.56. The van der Waals surface area contributed by atoms with E-state index in [0.29, 0.717) is 17.4 Å². The topological polar surface area (TPSA) is 62.7 Å². The Bertz CT molecular complexity index is 570. The van der Waals surface area contributed by atoms with Gasteiger partial charge in [-0.25, -0.2) is 0 Å². The van der Waals surface area contributed by atoms with Crippen molar-refractivity contribution in [3.63, 3.8) is 0 Å². The zero-order valence-corrected chi connectivity index (χ0v) is 14.2. The van der Waals surface area contributed by atoms with Crippen molar-refractivity contribution in [2.75, 3.05) is 39.9 Å². The van der Waals surface area contributed by atoms with Crippen molar-refractivity contribution in [1.82, 2.24) is 14.8 Å². The number of aromatic nitrogens is 1. The molecule has 2 aliphatic heterocycles. The number of ether oxygens (including phenoxy) is 1. The molecule has 0 bridgehead atoms. The van der Waals surface area contributed by atoms with Crippen LogP contribution in [0.5, 0.6) is 0 Å². The number of rotatable bonds is 4. The van der Waals surface area contributed by atoms with Gasteiger partial charge in [0.1, 0.15) is 6.61 Å². The summed E-state index contributed by atoms with van der Waals surface area (Å²) < 4.78 is 4.94. The number of methoxy groups -OCH3 is 1. The highest BCUT2D eigenvalue weighted by Gasteiger charge is 2.34. The van der Waals surface area contributed by atoms with Gasteiger partial charge < -0.3 is 14.5 Å². The van der Waals surface area contributed by atoms with E-state index in [0.717, 1.165) is 45.4 Å². The molecule has 6 heteroatoms. The molecule has 3 heterocycles. The molecule has 0 saturated carbocycles. The number of hydrogen-bond acceptors (Lipinski definition) is 4. The van der Waals surface area contributed by atoms with E-state index in [1.54, 1.807) is 31.6 Å². The third kappa shape index (κ3) is 3.75. The van der Waals surface area contributed by atoms with Gasteiger partial charge in [-0.1, -0.05) is 0 Å². The molecule has 0 N–H and O–H groups in total. The highest BCUT2D eigenvalue weighted by atomic mass is 16.5. The minimum Gasteiger partial charge on any atom is -0.375 e. The van der Waals surface area contributed by atoms with Crippen LogP contribution in [0.15, 0.2) is 24.5 Å². The van der Waals surface area contributed by atoms with Crippen molar-refractivity contribution in [3.8, 4) is 0 Å². The molecule has 0 spiro atoms. The van der Waals surface area contributed by atoms with E-state index in [2.05, 4.69) is 4.98 Å². The Morgan fingerprint density at radius 2 is 1.71 bits per heavy atom. The zero-order valence-electron chi connectivity index (χ0n) is 14.2. The first-order valence-electron chi connectivity index (χ1n) is 8.65. The van der Waals surface area contributed by atoms with Crippen LogP contribution in [0.4, 0.5) is 0 Å². The lowest BCUT2D eigenvalue weighted by molar-refractivity contribution is -0.134. The molecular weight excluding hydrogens is 306 g/mol. The average molecular weight is 331 g/mol. The molecule has 24 heavy (non-hydrogen) atoms. The molecule has 2 fully saturated rings. The first kappa shape index (κ1) is 16.9. The molecule has 1 atom stereocenters. The van der Waals surface area contributed by atoms with Gasteiger partial charge in [0.2, 0.25) is 5.91 Å². The van der Waals surface area contributed by atoms with E-state index < -0.39 is 0 Å². The van der Waals surface area contributed by atoms with Gasteiger partial charge in [0.05, 0.1) is 0 Å². The van der Waals surface area contributed by atoms with Crippen LogP contribution in [0.3, 0.4) is 0 Å². The number of carbonyl (C=O) groups excluding carboxylic acids is 2. The molecule has 2 amide bonds. The van der Waals surface area contributed by atoms with Crippen LogP contribution >= 0.6 is 0 Å². The largest absolute Gasteiger partial charge is 0.375 e. The van der Waals surface area contributed by atoms with Crippen LogP contribution in [-0.4, -0.2) is 66.5 Å². The predicted octanol–water partition coefficient (Wildman–Crippen LogP) is 1.43. The van der Waals surface area contributed by atoms with Crippen LogP contribution in [-0.2, 0) is 9.53 Å². The van der Waals surface area contributed by atoms with Gasteiger partial charge >= 0.3 is 0 Å². The van der Waals surface area contributed by atoms with Crippen LogP contribution in [0, 0.1) is 11.8 Å². The number of pyridine rings is 1. The fraction of sp³-hybridized carbons (Fsp3) is 0.611. The number of carbonyl (C=O) groups is 2. The monoisotopic (exact) mass is 331 g/mol. The predicted molar refractivity (Wildman–Crippen MR) is 89.4 cm³/mol. The highest BCUT2D eigenvalue weighted by Crippen LogP contribution is 2.32. The zero-order chi connectivity index (χ0) is 16.9. The Kier molecular flexibility index (Phi) is 5.45. The first-order valence-corrected chi connectivity index (χ1v) is 8.65. The molecule has 2 aliphatic rings. The fourth-order valence-corrected chi connectivity index (χ4v) is 3.86. The lowest BCUT2D eigenvalue weighted by Gasteiger charge is -2.35. The summed E-state index contributed by atoms with van der Waals surface area (Å²) in [6, 6.07) is 3.54. The highest BCUT2D eigenvalue weighted by molar-refractivity contribution is 5.94. The molecule has 3 rings (SSSR count). The third-order valence-corrected chi connectivity index (χ3v) is 5.27. The summed E-state index contributed by atoms with van der Waals surface area (Å²) in [5.41, 5.74) is 0.709. The molecule has 1 aromatic heterocycles. The van der Waals surface area contributed by atoms with Crippen molar-refractivity contribution in [3.05, 3.63) is 30.1 Å². The summed E-state index contributed by atoms with van der Waals surface area (Å²) in [4.78, 5) is 32.2. The minimum atomic E-state index is 0.0882. The van der Waals surface area contributed by atoms with Gasteiger partial charge in [0, 0.05) is 51.2 Å². The van der Waals surface area contributed by atoms with E-state index in [1.165, 1.54) is 0 Å². The maximum Gasteiger partial charge on any atom is 0.253 e. The van der Waals surface area contributed by atoms with Crippen molar-refractivity contribution in [1.29, 1.82) is 0 Å². The van der Waals surface area contributed by atoms with Crippen LogP contribution in [0.1, 0.15) is 29.6 Å². The lowest BCUT2D eigenvalue weighted by atomic mass is 9.83. The molecule has 6 nitrogen and oxygen atoms in total. The maximum absolute atomic E-state index is 12.5. The second kappa shape index (κ2) is 7.75. The molecular formula is C18H25N3O3. The maximum atomic E-state index is 12.5. The molecule has 1 aromatic rings. The number of nitrogens with zero attached hydrogens (tertiary/aromatic N) is 3. The summed E-state index contributed by atoms with van der Waals surface area (Å²) in [5.74, 6) is 1.35. The van der Waals surface area contributed by atoms with Gasteiger partial charge in [0.15, 0.2) is 0 Å². The number of hydrogen-bond donors (Lipinski definition) is 0. The smallest absolute Gasteiger partial charge is 0.253 e. The summed E-state index contributed by atoms with van der Waals surface area (Å²) in [6.45, 7) is 3.45. The number of amides is 2. The summed E-state index contributed by atoms with van der Waals surface area (Å²) in [5, 5.41) is 0. The number of piperidine rings is 1. The molecule has 0 aliphatic carbocycles. The van der Waals surface area contributed by atoms with Crippen LogP contribution in [0.2, 0.25) is 0 Å². The minimum absolute atomic E-state index is 0.0882. The molecule has 1 unspecified atom stereocenters. The Morgan fingerprint density at radius 1 is 1.08 bits per heavy atom. The standard InChI is InChI=1S/C18H25N3O3/c1-24-13-17(22)21-11-6-16(12-21)14-4-9-20(10-5-14)18(23)15-2-7-19-8-3-15/h2-3,7-8,14,16H,4-6,9-13H2,1H3. The van der Waals surface area contributed by atoms with Crippen molar-refractivity contribution in [2.45, 2.75) is 19.3 Å². The average Bonchev–Trinajstić information content (AvgIpc) is 3.12. The van der Waals surface area contributed by atoms with Crippen molar-refractivity contribution in [2.24, 2.45) is 11.8 Å². The second-order valence-corrected chi connectivity index (χ2v) is 6.69. The van der Waals surface area contributed by atoms with Gasteiger partial charge in [-0.15, -0.1) is 0 Å². The quantitative estimate of drug-likeness (QED) is 0.837. The number of likely N-dealkylation sites (tertiary alicyclic amines) is 2. The fourth-order valence-electron chi connectivity index (χ4n) is 3.86. The molecule has 2 saturated heterocycles. The second-order valence-electron chi connectivity index (χ2n) is 6.69. The molecule has 130 valence electrons. The van der Waals surface area contributed by atoms with Gasteiger partial charge in [-0.3, -0.25) is 14.6 Å². The van der Waals surface area contributed by atoms with E-state index in [9.17, 15) is 9.59 Å². The van der Waals surface area contributed by atoms with E-state index in [4.69, 9.17) is 4.74 Å². The molecule has 0 radical (unpaired) electrons. The van der Waals surface area contributed by atoms with Gasteiger partial charge in [0.25, 0.3) is 5.91 Å². The SMILES string of the molecule is COCC(=O)N1CCC(C2CCN(C(=O)c3ccncc3)CC2)C1. The van der Waals surface area contributed by atoms with Gasteiger partial charge in [-0.05, 0) is 43.2 Å². The lowest BCUT2D eigenvalue weighted by Crippen LogP contribution is -2.40. The summed E-state index contributed by atoms with van der Waals surface area (Å²) >= 11 is 0. The van der Waals surface area contributed by atoms with Gasteiger partial charge in [-0.2, -0.15) is 0 Å². The Labute approximate surface area is 142 Å². The third-order valence-electron chi connectivity index (χ3n) is 5.27. The Morgan fingerprint density at radius 3 is 2.38 bits per heavy atom. The van der Waals surface area contributed by atoms with Crippen LogP contribution in [0.25, 0.3) is 0 Å². The normalized spacial score (nSPS) is 22.0. The summed E-state index contributed by atoms with van der Waals surface area (Å²) in [6.07, 6.45) is 6.42. The van der Waals surface area contributed by atoms with Crippen LogP contribution < -0.4 is 0 Å². The molecule has 0 aromatic carbocycles. The Balaban J connectivity index is 1.49. The van der Waals surface area contributed by atoms with E-state index in [-0.39, 0.29) is 18.4 Å².